The van der Waals surface area contributed by atoms with Crippen molar-refractivity contribution < 1.29 is 19.1 Å². The zero-order valence-electron chi connectivity index (χ0n) is 15.6. The van der Waals surface area contributed by atoms with E-state index in [0.717, 1.165) is 5.56 Å². The van der Waals surface area contributed by atoms with E-state index in [1.165, 1.54) is 4.90 Å². The number of cyclic esters (lactones) is 1. The average molecular weight is 374 g/mol. The maximum atomic E-state index is 12.6. The van der Waals surface area contributed by atoms with Gasteiger partial charge in [-0.3, -0.25) is 9.69 Å². The third-order valence-corrected chi connectivity index (χ3v) is 4.95. The Morgan fingerprint density at radius 1 is 1.07 bits per heavy atom. The maximum Gasteiger partial charge on any atom is 0.410 e. The lowest BCUT2D eigenvalue weighted by Crippen LogP contribution is -2.45. The van der Waals surface area contributed by atoms with Gasteiger partial charge in [-0.25, -0.2) is 9.59 Å². The number of nitrogens with one attached hydrogen (secondary N) is 1. The first-order chi connectivity index (χ1) is 13.0. The van der Waals surface area contributed by atoms with Crippen LogP contribution in [0.3, 0.4) is 0 Å². The number of ether oxygens (including phenoxy) is 1. The fourth-order valence-corrected chi connectivity index (χ4v) is 3.30. The molecule has 2 heterocycles. The summed E-state index contributed by atoms with van der Waals surface area (Å²) in [5.41, 5.74) is 1.05. The summed E-state index contributed by atoms with van der Waals surface area (Å²) in [4.78, 5) is 41.4. The third kappa shape index (κ3) is 4.90. The van der Waals surface area contributed by atoms with E-state index in [1.807, 2.05) is 37.3 Å². The lowest BCUT2D eigenvalue weighted by Gasteiger charge is -2.25. The van der Waals surface area contributed by atoms with Gasteiger partial charge in [-0.15, -0.1) is 0 Å². The van der Waals surface area contributed by atoms with E-state index in [-0.39, 0.29) is 24.5 Å². The Morgan fingerprint density at radius 3 is 2.48 bits per heavy atom. The van der Waals surface area contributed by atoms with Crippen LogP contribution in [0.2, 0.25) is 0 Å². The van der Waals surface area contributed by atoms with Crippen LogP contribution in [-0.2, 0) is 9.53 Å². The molecule has 2 aliphatic heterocycles. The average Bonchev–Trinajstić information content (AvgIpc) is 2.93. The molecule has 0 saturated carbocycles. The molecule has 0 aromatic heterocycles. The Labute approximate surface area is 159 Å². The number of rotatable bonds is 4. The van der Waals surface area contributed by atoms with Crippen LogP contribution < -0.4 is 5.32 Å². The van der Waals surface area contributed by atoms with E-state index >= 15 is 0 Å². The molecule has 146 valence electrons. The van der Waals surface area contributed by atoms with Crippen molar-refractivity contribution >= 4 is 18.0 Å². The van der Waals surface area contributed by atoms with Gasteiger partial charge in [-0.1, -0.05) is 30.3 Å². The number of carbonyl (C=O) groups excluding carboxylic acids is 3. The third-order valence-electron chi connectivity index (χ3n) is 4.95. The number of nitrogens with zero attached hydrogens (tertiary/aromatic N) is 3. The topological polar surface area (TPSA) is 82.2 Å². The predicted molar refractivity (Wildman–Crippen MR) is 99.1 cm³/mol. The smallest absolute Gasteiger partial charge is 0.410 e. The van der Waals surface area contributed by atoms with Crippen LogP contribution >= 0.6 is 0 Å². The second-order valence-corrected chi connectivity index (χ2v) is 6.84. The van der Waals surface area contributed by atoms with Crippen LogP contribution in [0.5, 0.6) is 0 Å². The summed E-state index contributed by atoms with van der Waals surface area (Å²) in [6, 6.07) is 9.60. The van der Waals surface area contributed by atoms with Crippen LogP contribution in [0.1, 0.15) is 24.9 Å². The molecular weight excluding hydrogens is 348 g/mol. The molecule has 1 aromatic carbocycles. The Hall–Kier alpha value is -2.77. The van der Waals surface area contributed by atoms with Gasteiger partial charge < -0.3 is 19.9 Å². The van der Waals surface area contributed by atoms with Crippen molar-refractivity contribution in [3.63, 3.8) is 0 Å². The van der Waals surface area contributed by atoms with E-state index in [0.29, 0.717) is 45.8 Å². The van der Waals surface area contributed by atoms with Crippen molar-refractivity contribution in [2.24, 2.45) is 0 Å². The van der Waals surface area contributed by atoms with Crippen molar-refractivity contribution in [3.05, 3.63) is 35.9 Å². The minimum atomic E-state index is -0.436. The molecular formula is C19H26N4O4. The van der Waals surface area contributed by atoms with Gasteiger partial charge in [0.1, 0.15) is 13.2 Å². The van der Waals surface area contributed by atoms with Crippen molar-refractivity contribution in [2.75, 3.05) is 45.9 Å². The zero-order valence-corrected chi connectivity index (χ0v) is 15.6. The van der Waals surface area contributed by atoms with Gasteiger partial charge in [0.25, 0.3) is 0 Å². The van der Waals surface area contributed by atoms with Gasteiger partial charge in [0.2, 0.25) is 5.91 Å². The molecule has 2 saturated heterocycles. The fourth-order valence-electron chi connectivity index (χ4n) is 3.30. The van der Waals surface area contributed by atoms with Gasteiger partial charge in [-0.2, -0.15) is 0 Å². The molecule has 0 bridgehead atoms. The number of hydrogen-bond donors (Lipinski definition) is 1. The Morgan fingerprint density at radius 2 is 1.78 bits per heavy atom. The number of carbonyl (C=O) groups is 3. The zero-order chi connectivity index (χ0) is 19.2. The summed E-state index contributed by atoms with van der Waals surface area (Å²) in [6.07, 6.45) is 0.276. The molecule has 0 unspecified atom stereocenters. The SMILES string of the molecule is C[C@@H](NC(=O)N1CCCN(C(=O)CN2CCOC2=O)CC1)c1ccccc1. The highest BCUT2D eigenvalue weighted by molar-refractivity contribution is 5.83. The molecule has 3 rings (SSSR count). The van der Waals surface area contributed by atoms with Gasteiger partial charge in [0, 0.05) is 26.2 Å². The van der Waals surface area contributed by atoms with Crippen LogP contribution in [-0.4, -0.2) is 78.6 Å². The van der Waals surface area contributed by atoms with Crippen LogP contribution in [0, 0.1) is 0 Å². The largest absolute Gasteiger partial charge is 0.448 e. The summed E-state index contributed by atoms with van der Waals surface area (Å²) in [7, 11) is 0. The quantitative estimate of drug-likeness (QED) is 0.865. The molecule has 27 heavy (non-hydrogen) atoms. The van der Waals surface area contributed by atoms with Crippen LogP contribution in [0.15, 0.2) is 30.3 Å². The standard InChI is InChI=1S/C19H26N4O4/c1-15(16-6-3-2-4-7-16)20-18(25)22-9-5-8-21(10-11-22)17(24)14-23-12-13-27-19(23)26/h2-4,6-7,15H,5,8-14H2,1H3,(H,20,25)/t15-/m1/s1. The van der Waals surface area contributed by atoms with E-state index in [1.54, 1.807) is 9.80 Å². The molecule has 0 aliphatic carbocycles. The lowest BCUT2D eigenvalue weighted by molar-refractivity contribution is -0.131. The molecule has 1 aromatic rings. The molecule has 2 fully saturated rings. The highest BCUT2D eigenvalue weighted by Gasteiger charge is 2.28. The monoisotopic (exact) mass is 374 g/mol. The summed E-state index contributed by atoms with van der Waals surface area (Å²) in [6.45, 7) is 4.90. The Bertz CT molecular complexity index is 682. The second kappa shape index (κ2) is 8.75. The lowest BCUT2D eigenvalue weighted by atomic mass is 10.1. The van der Waals surface area contributed by atoms with Crippen LogP contribution in [0.25, 0.3) is 0 Å². The van der Waals surface area contributed by atoms with E-state index in [9.17, 15) is 14.4 Å². The first kappa shape index (κ1) is 19.0. The van der Waals surface area contributed by atoms with Gasteiger partial charge >= 0.3 is 12.1 Å². The number of hydrogen-bond acceptors (Lipinski definition) is 4. The number of amides is 4. The molecule has 1 atom stereocenters. The maximum absolute atomic E-state index is 12.6. The molecule has 0 spiro atoms. The molecule has 1 N–H and O–H groups in total. The highest BCUT2D eigenvalue weighted by Crippen LogP contribution is 2.13. The van der Waals surface area contributed by atoms with Gasteiger partial charge in [0.15, 0.2) is 0 Å². The predicted octanol–water partition coefficient (Wildman–Crippen LogP) is 1.44. The molecule has 8 heteroatoms. The summed E-state index contributed by atoms with van der Waals surface area (Å²) in [5.74, 6) is -0.103. The first-order valence-corrected chi connectivity index (χ1v) is 9.34. The van der Waals surface area contributed by atoms with Crippen molar-refractivity contribution in [1.82, 2.24) is 20.0 Å². The van der Waals surface area contributed by atoms with Crippen molar-refractivity contribution in [3.8, 4) is 0 Å². The normalized spacial score (nSPS) is 18.7. The van der Waals surface area contributed by atoms with E-state index < -0.39 is 6.09 Å². The summed E-state index contributed by atoms with van der Waals surface area (Å²) >= 11 is 0. The Balaban J connectivity index is 1.49. The van der Waals surface area contributed by atoms with Crippen LogP contribution in [0.4, 0.5) is 9.59 Å². The van der Waals surface area contributed by atoms with Crippen molar-refractivity contribution in [1.29, 1.82) is 0 Å². The minimum Gasteiger partial charge on any atom is -0.448 e. The number of benzene rings is 1. The molecule has 2 aliphatic rings. The molecule has 0 radical (unpaired) electrons. The van der Waals surface area contributed by atoms with E-state index in [4.69, 9.17) is 4.74 Å². The summed E-state index contributed by atoms with van der Waals surface area (Å²) < 4.78 is 4.86. The van der Waals surface area contributed by atoms with E-state index in [2.05, 4.69) is 5.32 Å². The molecule has 8 nitrogen and oxygen atoms in total. The minimum absolute atomic E-state index is 0.0378. The summed E-state index contributed by atoms with van der Waals surface area (Å²) in [5, 5.41) is 3.02. The van der Waals surface area contributed by atoms with Crippen molar-refractivity contribution in [2.45, 2.75) is 19.4 Å². The van der Waals surface area contributed by atoms with Gasteiger partial charge in [-0.05, 0) is 18.9 Å². The second-order valence-electron chi connectivity index (χ2n) is 6.84. The fraction of sp³-hybridized carbons (Fsp3) is 0.526. The Kier molecular flexibility index (Phi) is 6.16. The molecule has 4 amide bonds. The first-order valence-electron chi connectivity index (χ1n) is 9.34. The number of urea groups is 1. The highest BCUT2D eigenvalue weighted by atomic mass is 16.6. The van der Waals surface area contributed by atoms with Gasteiger partial charge in [0.05, 0.1) is 12.6 Å².